The number of rotatable bonds is 16. The number of hydrogen-bond donors (Lipinski definition) is 1. The Hall–Kier alpha value is -4.46. The Balaban J connectivity index is 1.16. The van der Waals surface area contributed by atoms with E-state index in [1.54, 1.807) is 29.7 Å². The number of hydrogen-bond acceptors (Lipinski definition) is 7. The van der Waals surface area contributed by atoms with Crippen molar-refractivity contribution in [3.05, 3.63) is 89.3 Å². The van der Waals surface area contributed by atoms with E-state index in [1.165, 1.54) is 5.69 Å². The standard InChI is InChI=1S/C45H54F3N5O4S/c1-4-6-21-55-24-25-57-37-12-9-33(10-13-37)34-11-16-41-36(26-34)27-35(8-7-20-52(41)29-32-17-22-56-23-18-32)44-50-39-15-14-38(28-40(39)51-44)58(54)30-42-43(45(46,47)48)49-31(3)53(42)19-5-2/h9-16,26-28,32H,4-8,17-25,29-30H2,1-3H3,(H,50,51)/b35-27+/t58-/m1/s1. The van der Waals surface area contributed by atoms with Gasteiger partial charge in [-0.15, -0.1) is 0 Å². The molecule has 7 rings (SSSR count). The third-order valence-electron chi connectivity index (χ3n) is 11.0. The van der Waals surface area contributed by atoms with Crippen LogP contribution < -0.4 is 9.64 Å². The number of aryl methyl sites for hydroxylation is 1. The summed E-state index contributed by atoms with van der Waals surface area (Å²) < 4.78 is 74.4. The van der Waals surface area contributed by atoms with Gasteiger partial charge in [0.05, 0.1) is 39.9 Å². The van der Waals surface area contributed by atoms with Gasteiger partial charge in [0, 0.05) is 50.0 Å². The SMILES string of the molecule is CCCCOCCOc1ccc(-c2ccc3c(c2)/C=C(/c2nc4ccc([S@](=O)Cc5c(C(F)(F)F)nc(C)n5CCC)cc4[nH]2)CCCN3CC2CCOCC2)cc1. The Morgan fingerprint density at radius 1 is 0.948 bits per heavy atom. The Kier molecular flexibility index (Phi) is 13.7. The molecule has 13 heteroatoms. The Morgan fingerprint density at radius 2 is 1.74 bits per heavy atom. The molecule has 0 bridgehead atoms. The molecule has 5 aromatic rings. The summed E-state index contributed by atoms with van der Waals surface area (Å²) in [7, 11) is -1.75. The molecule has 2 aromatic heterocycles. The number of benzene rings is 3. The lowest BCUT2D eigenvalue weighted by Gasteiger charge is -2.33. The number of imidazole rings is 2. The number of ether oxygens (including phenoxy) is 3. The van der Waals surface area contributed by atoms with E-state index in [0.29, 0.717) is 48.0 Å². The maximum absolute atomic E-state index is 14.0. The first-order chi connectivity index (χ1) is 28.1. The predicted molar refractivity (Wildman–Crippen MR) is 224 cm³/mol. The summed E-state index contributed by atoms with van der Waals surface area (Å²) in [5.41, 5.74) is 5.89. The number of nitrogens with one attached hydrogen (secondary N) is 1. The van der Waals surface area contributed by atoms with Crippen LogP contribution in [-0.2, 0) is 38.7 Å². The van der Waals surface area contributed by atoms with Gasteiger partial charge in [-0.05, 0) is 122 Å². The number of halogens is 3. The van der Waals surface area contributed by atoms with Gasteiger partial charge < -0.3 is 28.7 Å². The number of fused-ring (bicyclic) bond motifs is 2. The van der Waals surface area contributed by atoms with E-state index in [9.17, 15) is 17.4 Å². The highest BCUT2D eigenvalue weighted by Crippen LogP contribution is 2.37. The molecule has 0 radical (unpaired) electrons. The predicted octanol–water partition coefficient (Wildman–Crippen LogP) is 10.2. The lowest BCUT2D eigenvalue weighted by molar-refractivity contribution is -0.141. The van der Waals surface area contributed by atoms with E-state index in [1.807, 2.05) is 19.1 Å². The van der Waals surface area contributed by atoms with E-state index < -0.39 is 22.7 Å². The number of aromatic nitrogens is 4. The van der Waals surface area contributed by atoms with Crippen molar-refractivity contribution in [3.63, 3.8) is 0 Å². The average Bonchev–Trinajstić information content (AvgIpc) is 3.78. The van der Waals surface area contributed by atoms with E-state index in [4.69, 9.17) is 19.2 Å². The fourth-order valence-corrected chi connectivity index (χ4v) is 9.08. The molecular weight excluding hydrogens is 764 g/mol. The van der Waals surface area contributed by atoms with Crippen LogP contribution >= 0.6 is 0 Å². The highest BCUT2D eigenvalue weighted by Gasteiger charge is 2.39. The molecule has 310 valence electrons. The largest absolute Gasteiger partial charge is 0.491 e. The number of H-pyrrole nitrogens is 1. The molecule has 1 fully saturated rings. The molecule has 3 aromatic carbocycles. The molecule has 4 heterocycles. The molecule has 1 saturated heterocycles. The van der Waals surface area contributed by atoms with Gasteiger partial charge in [-0.3, -0.25) is 4.21 Å². The highest BCUT2D eigenvalue weighted by molar-refractivity contribution is 7.84. The Morgan fingerprint density at radius 3 is 2.50 bits per heavy atom. The second kappa shape index (κ2) is 19.1. The third kappa shape index (κ3) is 10.0. The van der Waals surface area contributed by atoms with Crippen LogP contribution in [0.5, 0.6) is 5.75 Å². The lowest BCUT2D eigenvalue weighted by Crippen LogP contribution is -2.34. The molecule has 1 N–H and O–H groups in total. The molecule has 9 nitrogen and oxygen atoms in total. The molecule has 2 aliphatic heterocycles. The van der Waals surface area contributed by atoms with Gasteiger partial charge in [0.15, 0.2) is 5.69 Å². The molecule has 1 atom stereocenters. The lowest BCUT2D eigenvalue weighted by atomic mass is 9.94. The maximum atomic E-state index is 14.0. The van der Waals surface area contributed by atoms with Crippen molar-refractivity contribution in [2.24, 2.45) is 5.92 Å². The molecule has 0 saturated carbocycles. The summed E-state index contributed by atoms with van der Waals surface area (Å²) in [4.78, 5) is 15.2. The molecule has 0 amide bonds. The zero-order valence-electron chi connectivity index (χ0n) is 33.7. The second-order valence-corrected chi connectivity index (χ2v) is 16.7. The molecule has 0 spiro atoms. The van der Waals surface area contributed by atoms with Crippen LogP contribution in [0.25, 0.3) is 33.8 Å². The minimum atomic E-state index is -4.64. The van der Waals surface area contributed by atoms with Gasteiger partial charge in [0.1, 0.15) is 24.0 Å². The first kappa shape index (κ1) is 41.7. The summed E-state index contributed by atoms with van der Waals surface area (Å²) in [6.07, 6.45) is 4.22. The van der Waals surface area contributed by atoms with Gasteiger partial charge in [0.25, 0.3) is 0 Å². The van der Waals surface area contributed by atoms with Crippen molar-refractivity contribution in [2.75, 3.05) is 51.0 Å². The Bertz CT molecular complexity index is 2210. The summed E-state index contributed by atoms with van der Waals surface area (Å²) in [5.74, 6) is 2.08. The number of unbranched alkanes of at least 4 members (excludes halogenated alkanes) is 1. The van der Waals surface area contributed by atoms with Crippen LogP contribution in [0.1, 0.15) is 87.4 Å². The Labute approximate surface area is 341 Å². The molecular formula is C45H54F3N5O4S. The third-order valence-corrected chi connectivity index (χ3v) is 12.3. The van der Waals surface area contributed by atoms with Crippen molar-refractivity contribution >= 4 is 39.2 Å². The van der Waals surface area contributed by atoms with E-state index in [-0.39, 0.29) is 17.3 Å². The second-order valence-electron chi connectivity index (χ2n) is 15.2. The van der Waals surface area contributed by atoms with E-state index in [0.717, 1.165) is 105 Å². The van der Waals surface area contributed by atoms with Crippen molar-refractivity contribution < 1.29 is 31.6 Å². The number of allylic oxidation sites excluding steroid dienone is 1. The van der Waals surface area contributed by atoms with Crippen LogP contribution in [0, 0.1) is 12.8 Å². The maximum Gasteiger partial charge on any atom is 0.435 e. The smallest absolute Gasteiger partial charge is 0.435 e. The van der Waals surface area contributed by atoms with Crippen molar-refractivity contribution in [1.82, 2.24) is 19.5 Å². The fourth-order valence-electron chi connectivity index (χ4n) is 7.90. The van der Waals surface area contributed by atoms with Crippen LogP contribution in [-0.4, -0.2) is 69.9 Å². The number of nitrogens with zero attached hydrogens (tertiary/aromatic N) is 4. The highest BCUT2D eigenvalue weighted by atomic mass is 32.2. The van der Waals surface area contributed by atoms with Crippen LogP contribution in [0.3, 0.4) is 0 Å². The fraction of sp³-hybridized carbons (Fsp3) is 0.467. The molecule has 0 unspecified atom stereocenters. The summed E-state index contributed by atoms with van der Waals surface area (Å²) in [6, 6.07) is 20.1. The normalized spacial score (nSPS) is 16.8. The number of alkyl halides is 3. The number of anilines is 1. The minimum absolute atomic E-state index is 0.0494. The topological polar surface area (TPSA) is 94.5 Å². The summed E-state index contributed by atoms with van der Waals surface area (Å²) in [6.45, 7) is 11.3. The van der Waals surface area contributed by atoms with Crippen molar-refractivity contribution in [3.8, 4) is 16.9 Å². The molecule has 0 aliphatic carbocycles. The van der Waals surface area contributed by atoms with Gasteiger partial charge >= 0.3 is 6.18 Å². The number of aromatic amines is 1. The van der Waals surface area contributed by atoms with Crippen LogP contribution in [0.2, 0.25) is 0 Å². The van der Waals surface area contributed by atoms with Gasteiger partial charge in [0.2, 0.25) is 0 Å². The molecule has 58 heavy (non-hydrogen) atoms. The average molecular weight is 818 g/mol. The zero-order chi connectivity index (χ0) is 40.6. The summed E-state index contributed by atoms with van der Waals surface area (Å²) in [5, 5.41) is 0. The van der Waals surface area contributed by atoms with Crippen LogP contribution in [0.4, 0.5) is 18.9 Å². The van der Waals surface area contributed by atoms with Gasteiger partial charge in [-0.25, -0.2) is 9.97 Å². The summed E-state index contributed by atoms with van der Waals surface area (Å²) >= 11 is 0. The van der Waals surface area contributed by atoms with Crippen molar-refractivity contribution in [2.45, 2.75) is 89.1 Å². The van der Waals surface area contributed by atoms with Gasteiger partial charge in [-0.2, -0.15) is 13.2 Å². The quantitative estimate of drug-likeness (QED) is 0.0991. The van der Waals surface area contributed by atoms with Gasteiger partial charge in [-0.1, -0.05) is 38.5 Å². The zero-order valence-corrected chi connectivity index (χ0v) is 34.5. The molecule has 2 aliphatic rings. The first-order valence-electron chi connectivity index (χ1n) is 20.6. The van der Waals surface area contributed by atoms with Crippen molar-refractivity contribution in [1.29, 1.82) is 0 Å². The van der Waals surface area contributed by atoms with E-state index in [2.05, 4.69) is 58.2 Å². The monoisotopic (exact) mass is 817 g/mol. The van der Waals surface area contributed by atoms with E-state index >= 15 is 0 Å². The first-order valence-corrected chi connectivity index (χ1v) is 21.9. The van der Waals surface area contributed by atoms with Crippen LogP contribution in [0.15, 0.2) is 65.6 Å². The minimum Gasteiger partial charge on any atom is -0.491 e.